The molecule has 0 radical (unpaired) electrons. The van der Waals surface area contributed by atoms with Gasteiger partial charge in [-0.2, -0.15) is 0 Å². The first kappa shape index (κ1) is 11.1. The third kappa shape index (κ3) is 3.04. The molecular weight excluding hydrogens is 192 g/mol. The molecule has 0 aliphatic rings. The van der Waals surface area contributed by atoms with Crippen LogP contribution in [0.5, 0.6) is 0 Å². The van der Waals surface area contributed by atoms with Gasteiger partial charge in [0.1, 0.15) is 0 Å². The average Bonchev–Trinajstić information content (AvgIpc) is 2.26. The molecule has 0 heterocycles. The molecule has 0 aliphatic carbocycles. The molecule has 1 aromatic rings. The maximum absolute atomic E-state index is 11.1. The van der Waals surface area contributed by atoms with Gasteiger partial charge in [-0.1, -0.05) is 55.6 Å². The zero-order chi connectivity index (χ0) is 10.4. The van der Waals surface area contributed by atoms with Crippen LogP contribution in [0.25, 0.3) is 6.08 Å². The van der Waals surface area contributed by atoms with Gasteiger partial charge in [0.05, 0.1) is 0 Å². The maximum Gasteiger partial charge on any atom is 0.188 e. The van der Waals surface area contributed by atoms with Crippen LogP contribution in [0.15, 0.2) is 30.8 Å². The predicted molar refractivity (Wildman–Crippen MR) is 63.1 cm³/mol. The fourth-order valence-corrected chi connectivity index (χ4v) is 1.91. The van der Waals surface area contributed by atoms with Gasteiger partial charge in [0.25, 0.3) is 0 Å². The molecule has 0 bridgehead atoms. The molecule has 1 rings (SSSR count). The van der Waals surface area contributed by atoms with Crippen molar-refractivity contribution in [2.24, 2.45) is 0 Å². The maximum atomic E-state index is 11.1. The summed E-state index contributed by atoms with van der Waals surface area (Å²) in [6, 6.07) is 8.01. The van der Waals surface area contributed by atoms with E-state index in [1.807, 2.05) is 37.3 Å². The zero-order valence-corrected chi connectivity index (χ0v) is 9.14. The summed E-state index contributed by atoms with van der Waals surface area (Å²) in [6.07, 6.45) is 2.42. The Balaban J connectivity index is 2.66. The molecule has 1 nitrogen and oxygen atoms in total. The number of carbonyl (C=O) groups is 1. The van der Waals surface area contributed by atoms with Gasteiger partial charge in [0.2, 0.25) is 0 Å². The lowest BCUT2D eigenvalue weighted by atomic mass is 10.1. The number of hydrogen-bond acceptors (Lipinski definition) is 2. The molecule has 0 saturated carbocycles. The summed E-state index contributed by atoms with van der Waals surface area (Å²) < 4.78 is 0. The van der Waals surface area contributed by atoms with Crippen LogP contribution in [0.3, 0.4) is 0 Å². The summed E-state index contributed by atoms with van der Waals surface area (Å²) in [4.78, 5) is 11.1. The Morgan fingerprint density at radius 1 is 1.50 bits per heavy atom. The van der Waals surface area contributed by atoms with E-state index in [-0.39, 0.29) is 5.12 Å². The minimum Gasteiger partial charge on any atom is -0.287 e. The van der Waals surface area contributed by atoms with Crippen molar-refractivity contribution in [1.29, 1.82) is 0 Å². The summed E-state index contributed by atoms with van der Waals surface area (Å²) >= 11 is 1.37. The topological polar surface area (TPSA) is 17.1 Å². The zero-order valence-electron chi connectivity index (χ0n) is 8.32. The Morgan fingerprint density at radius 2 is 2.21 bits per heavy atom. The van der Waals surface area contributed by atoms with Crippen LogP contribution in [0.1, 0.15) is 24.5 Å². The Morgan fingerprint density at radius 3 is 2.86 bits per heavy atom. The van der Waals surface area contributed by atoms with Crippen LogP contribution < -0.4 is 0 Å². The number of rotatable bonds is 4. The van der Waals surface area contributed by atoms with Crippen molar-refractivity contribution in [3.8, 4) is 0 Å². The molecule has 0 saturated heterocycles. The first-order chi connectivity index (χ1) is 6.77. The molecule has 0 atom stereocenters. The first-order valence-electron chi connectivity index (χ1n) is 4.64. The number of benzene rings is 1. The second kappa shape index (κ2) is 5.66. The summed E-state index contributed by atoms with van der Waals surface area (Å²) in [5.74, 6) is 0.745. The lowest BCUT2D eigenvalue weighted by Crippen LogP contribution is -1.91. The summed E-state index contributed by atoms with van der Waals surface area (Å²) in [7, 11) is 0. The molecule has 0 aromatic heterocycles. The minimum absolute atomic E-state index is 0.240. The summed E-state index contributed by atoms with van der Waals surface area (Å²) in [6.45, 7) is 5.63. The van der Waals surface area contributed by atoms with Gasteiger partial charge in [-0.3, -0.25) is 4.79 Å². The second-order valence-electron chi connectivity index (χ2n) is 2.92. The smallest absolute Gasteiger partial charge is 0.188 e. The highest BCUT2D eigenvalue weighted by molar-refractivity contribution is 8.12. The monoisotopic (exact) mass is 206 g/mol. The van der Waals surface area contributed by atoms with E-state index in [9.17, 15) is 4.79 Å². The van der Waals surface area contributed by atoms with Crippen molar-refractivity contribution >= 4 is 23.0 Å². The van der Waals surface area contributed by atoms with Crippen molar-refractivity contribution in [3.05, 3.63) is 42.0 Å². The highest BCUT2D eigenvalue weighted by atomic mass is 32.2. The van der Waals surface area contributed by atoms with E-state index in [2.05, 4.69) is 6.58 Å². The largest absolute Gasteiger partial charge is 0.287 e. The van der Waals surface area contributed by atoms with Crippen molar-refractivity contribution in [3.63, 3.8) is 0 Å². The predicted octanol–water partition coefficient (Wildman–Crippen LogP) is 3.50. The third-order valence-corrected chi connectivity index (χ3v) is 3.02. The van der Waals surface area contributed by atoms with Crippen molar-refractivity contribution in [2.75, 3.05) is 0 Å². The Hall–Kier alpha value is -1.02. The molecular formula is C12H14OS. The van der Waals surface area contributed by atoms with E-state index in [4.69, 9.17) is 0 Å². The Labute approximate surface area is 89.2 Å². The van der Waals surface area contributed by atoms with Crippen molar-refractivity contribution in [2.45, 2.75) is 19.1 Å². The van der Waals surface area contributed by atoms with Crippen LogP contribution in [-0.2, 0) is 10.5 Å². The molecule has 2 heteroatoms. The number of thioether (sulfide) groups is 1. The second-order valence-corrected chi connectivity index (χ2v) is 3.95. The van der Waals surface area contributed by atoms with Crippen LogP contribution in [0.4, 0.5) is 0 Å². The Bertz CT molecular complexity index is 331. The fraction of sp³-hybridized carbons (Fsp3) is 0.250. The van der Waals surface area contributed by atoms with Gasteiger partial charge >= 0.3 is 0 Å². The standard InChI is InChI=1S/C12H14OS/c1-3-10-7-5-6-8-11(10)9-14-12(13)4-2/h3,5-8H,1,4,9H2,2H3. The molecule has 0 aliphatic heterocycles. The molecule has 0 amide bonds. The van der Waals surface area contributed by atoms with E-state index in [1.54, 1.807) is 0 Å². The van der Waals surface area contributed by atoms with Crippen LogP contribution in [0, 0.1) is 0 Å². The fourth-order valence-electron chi connectivity index (χ4n) is 1.13. The van der Waals surface area contributed by atoms with Crippen LogP contribution >= 0.6 is 11.8 Å². The van der Waals surface area contributed by atoms with E-state index in [1.165, 1.54) is 17.3 Å². The van der Waals surface area contributed by atoms with Crippen LogP contribution in [-0.4, -0.2) is 5.12 Å². The Kier molecular flexibility index (Phi) is 4.47. The van der Waals surface area contributed by atoms with E-state index >= 15 is 0 Å². The SMILES string of the molecule is C=Cc1ccccc1CSC(=O)CC. The lowest BCUT2D eigenvalue weighted by Gasteiger charge is -2.03. The molecule has 0 fully saturated rings. The lowest BCUT2D eigenvalue weighted by molar-refractivity contribution is -0.110. The summed E-state index contributed by atoms with van der Waals surface area (Å²) in [5, 5.41) is 0.240. The average molecular weight is 206 g/mol. The van der Waals surface area contributed by atoms with Crippen molar-refractivity contribution in [1.82, 2.24) is 0 Å². The quantitative estimate of drug-likeness (QED) is 0.750. The molecule has 0 N–H and O–H groups in total. The highest BCUT2D eigenvalue weighted by Crippen LogP contribution is 2.18. The van der Waals surface area contributed by atoms with E-state index in [0.717, 1.165) is 11.3 Å². The molecule has 0 unspecified atom stereocenters. The van der Waals surface area contributed by atoms with Gasteiger partial charge < -0.3 is 0 Å². The van der Waals surface area contributed by atoms with Gasteiger partial charge in [0.15, 0.2) is 5.12 Å². The summed E-state index contributed by atoms with van der Waals surface area (Å²) in [5.41, 5.74) is 2.29. The van der Waals surface area contributed by atoms with Crippen LogP contribution in [0.2, 0.25) is 0 Å². The number of carbonyl (C=O) groups excluding carboxylic acids is 1. The third-order valence-electron chi connectivity index (χ3n) is 1.95. The number of hydrogen-bond donors (Lipinski definition) is 0. The van der Waals surface area contributed by atoms with E-state index in [0.29, 0.717) is 6.42 Å². The van der Waals surface area contributed by atoms with Gasteiger partial charge in [-0.25, -0.2) is 0 Å². The molecule has 0 spiro atoms. The van der Waals surface area contributed by atoms with E-state index < -0.39 is 0 Å². The molecule has 14 heavy (non-hydrogen) atoms. The molecule has 74 valence electrons. The van der Waals surface area contributed by atoms with Crippen molar-refractivity contribution < 1.29 is 4.79 Å². The highest BCUT2D eigenvalue weighted by Gasteiger charge is 2.02. The van der Waals surface area contributed by atoms with Gasteiger partial charge in [0, 0.05) is 12.2 Å². The van der Waals surface area contributed by atoms with Gasteiger partial charge in [-0.15, -0.1) is 0 Å². The first-order valence-corrected chi connectivity index (χ1v) is 5.62. The minimum atomic E-state index is 0.240. The normalized spacial score (nSPS) is 9.79. The van der Waals surface area contributed by atoms with Gasteiger partial charge in [-0.05, 0) is 11.1 Å². The molecule has 1 aromatic carbocycles.